The van der Waals surface area contributed by atoms with E-state index in [-0.39, 0.29) is 63.7 Å². The summed E-state index contributed by atoms with van der Waals surface area (Å²) in [6.45, 7) is 3.99. The molecule has 2 nitrogen and oxygen atoms in total. The van der Waals surface area contributed by atoms with E-state index >= 15 is 0 Å². The van der Waals surface area contributed by atoms with Crippen molar-refractivity contribution in [1.29, 1.82) is 0 Å². The van der Waals surface area contributed by atoms with Gasteiger partial charge in [-0.15, -0.1) is 5.69 Å². The Bertz CT molecular complexity index is 458. The summed E-state index contributed by atoms with van der Waals surface area (Å²) < 4.78 is 0. The fourth-order valence-electron chi connectivity index (χ4n) is 5.28. The van der Waals surface area contributed by atoms with Gasteiger partial charge in [0, 0.05) is 19.6 Å². The van der Waals surface area contributed by atoms with E-state index in [1.165, 1.54) is 50.1 Å². The van der Waals surface area contributed by atoms with Gasteiger partial charge in [0.05, 0.1) is 0 Å². The number of piperidine rings is 3. The van der Waals surface area contributed by atoms with Gasteiger partial charge in [0.1, 0.15) is 0 Å². The quantitative estimate of drug-likeness (QED) is 0.655. The molecule has 4 heterocycles. The van der Waals surface area contributed by atoms with E-state index in [1.807, 2.05) is 0 Å². The Balaban J connectivity index is 0.000000968. The van der Waals surface area contributed by atoms with Crippen LogP contribution in [0.4, 0.5) is 5.69 Å². The number of nitrogens with zero attached hydrogens (tertiary/aromatic N) is 2. The Kier molecular flexibility index (Phi) is 3.28. The average Bonchev–Trinajstić information content (AvgIpc) is 2.75. The van der Waals surface area contributed by atoms with Crippen molar-refractivity contribution in [1.82, 2.24) is 4.90 Å². The van der Waals surface area contributed by atoms with Gasteiger partial charge < -0.3 is 10.2 Å². The van der Waals surface area contributed by atoms with Gasteiger partial charge in [-0.2, -0.15) is 0 Å². The number of para-hydroxylation sites is 1. The van der Waals surface area contributed by atoms with Crippen molar-refractivity contribution in [2.45, 2.75) is 24.8 Å². The summed E-state index contributed by atoms with van der Waals surface area (Å²) in [4.78, 5) is 2.71. The van der Waals surface area contributed by atoms with E-state index in [9.17, 15) is 0 Å². The van der Waals surface area contributed by atoms with Gasteiger partial charge in [0.25, 0.3) is 0 Å². The summed E-state index contributed by atoms with van der Waals surface area (Å²) in [6, 6.07) is 8.82. The maximum absolute atomic E-state index is 5.26. The molecule has 0 N–H and O–H groups in total. The molecule has 4 bridgehead atoms. The van der Waals surface area contributed by atoms with Gasteiger partial charge in [-0.3, -0.25) is 0 Å². The molecule has 0 radical (unpaired) electrons. The van der Waals surface area contributed by atoms with Gasteiger partial charge in [-0.25, -0.2) is 0 Å². The first kappa shape index (κ1) is 13.4. The van der Waals surface area contributed by atoms with Crippen LogP contribution in [0.25, 0.3) is 5.32 Å². The Morgan fingerprint density at radius 3 is 2.47 bits per heavy atom. The van der Waals surface area contributed by atoms with Crippen LogP contribution >= 0.6 is 0 Å². The third-order valence-corrected chi connectivity index (χ3v) is 5.92. The number of hydrogen-bond donors (Lipinski definition) is 0. The first-order chi connectivity index (χ1) is 8.83. The molecule has 1 aliphatic carbocycles. The SMILES string of the molecule is [Rb+].c1ccc2c(c1)CC1([N-]2)C2CC3CC1CN(C3)C2. The zero-order chi connectivity index (χ0) is 11.7. The van der Waals surface area contributed by atoms with Crippen molar-refractivity contribution in [3.63, 3.8) is 0 Å². The fraction of sp³-hybridized carbons (Fsp3) is 0.625. The molecule has 4 fully saturated rings. The van der Waals surface area contributed by atoms with E-state index in [0.29, 0.717) is 0 Å². The third kappa shape index (κ3) is 1.83. The average molecular weight is 325 g/mol. The third-order valence-electron chi connectivity index (χ3n) is 5.92. The molecule has 6 rings (SSSR count). The van der Waals surface area contributed by atoms with Crippen molar-refractivity contribution in [3.8, 4) is 0 Å². The van der Waals surface area contributed by atoms with E-state index in [2.05, 4.69) is 29.2 Å². The second kappa shape index (κ2) is 4.64. The van der Waals surface area contributed by atoms with Crippen LogP contribution in [-0.4, -0.2) is 30.1 Å². The predicted octanol–water partition coefficient (Wildman–Crippen LogP) is -0.0377. The van der Waals surface area contributed by atoms with Crippen LogP contribution in [0.5, 0.6) is 0 Å². The van der Waals surface area contributed by atoms with E-state index in [0.717, 1.165) is 17.8 Å². The molecule has 0 aromatic heterocycles. The second-order valence-electron chi connectivity index (χ2n) is 6.86. The standard InChI is InChI=1S/C16H19N2.Rb/c1-2-4-15-12(3-1)7-16(17-15)13-5-11-6-14(16)10-18(8-11)9-13;/h1-4,11,13-14H,5-10H2;/q-1;+1. The molecule has 1 saturated carbocycles. The largest absolute Gasteiger partial charge is 1.00 e. The summed E-state index contributed by atoms with van der Waals surface area (Å²) in [5, 5.41) is 5.26. The minimum Gasteiger partial charge on any atom is -0.678 e. The normalized spacial score (nSPS) is 44.8. The maximum atomic E-state index is 5.26. The van der Waals surface area contributed by atoms with Crippen LogP contribution in [0.1, 0.15) is 18.4 Å². The Morgan fingerprint density at radius 2 is 1.79 bits per heavy atom. The summed E-state index contributed by atoms with van der Waals surface area (Å²) in [7, 11) is 0. The zero-order valence-electron chi connectivity index (χ0n) is 11.7. The van der Waals surface area contributed by atoms with Crippen molar-refractivity contribution >= 4 is 5.69 Å². The molecule has 3 saturated heterocycles. The van der Waals surface area contributed by atoms with Crippen LogP contribution in [0.15, 0.2) is 24.3 Å². The smallest absolute Gasteiger partial charge is 0.678 e. The van der Waals surface area contributed by atoms with Crippen molar-refractivity contribution in [2.75, 3.05) is 19.6 Å². The Morgan fingerprint density at radius 1 is 1.05 bits per heavy atom. The summed E-state index contributed by atoms with van der Waals surface area (Å²) >= 11 is 0. The number of benzene rings is 1. The number of fused-ring (bicyclic) bond motifs is 1. The molecule has 1 aromatic rings. The van der Waals surface area contributed by atoms with E-state index in [1.54, 1.807) is 0 Å². The van der Waals surface area contributed by atoms with Crippen LogP contribution in [0.3, 0.4) is 0 Å². The Hall–Kier alpha value is 0.785. The molecule has 3 heteroatoms. The fourth-order valence-corrected chi connectivity index (χ4v) is 5.28. The van der Waals surface area contributed by atoms with Crippen molar-refractivity contribution in [3.05, 3.63) is 35.1 Å². The molecular formula is C16H19N2Rb. The number of hydrogen-bond acceptors (Lipinski definition) is 1. The maximum Gasteiger partial charge on any atom is 1.00 e. The number of rotatable bonds is 0. The van der Waals surface area contributed by atoms with Crippen LogP contribution < -0.4 is 58.2 Å². The topological polar surface area (TPSA) is 17.3 Å². The van der Waals surface area contributed by atoms with Crippen LogP contribution in [0, 0.1) is 17.8 Å². The molecule has 0 amide bonds. The van der Waals surface area contributed by atoms with Crippen LogP contribution in [-0.2, 0) is 6.42 Å². The minimum atomic E-state index is 0. The van der Waals surface area contributed by atoms with Gasteiger partial charge in [-0.1, -0.05) is 35.4 Å². The van der Waals surface area contributed by atoms with Gasteiger partial charge in [-0.05, 0) is 37.0 Å². The first-order valence-electron chi connectivity index (χ1n) is 7.37. The molecule has 2 unspecified atom stereocenters. The molecule has 1 aromatic carbocycles. The van der Waals surface area contributed by atoms with Crippen LogP contribution in [0.2, 0.25) is 0 Å². The molecule has 4 aliphatic heterocycles. The molecule has 2 atom stereocenters. The monoisotopic (exact) mass is 324 g/mol. The van der Waals surface area contributed by atoms with Gasteiger partial charge in [0.15, 0.2) is 0 Å². The molecular weight excluding hydrogens is 306 g/mol. The Labute approximate surface area is 164 Å². The van der Waals surface area contributed by atoms with Gasteiger partial charge in [0.2, 0.25) is 0 Å². The zero-order valence-corrected chi connectivity index (χ0v) is 16.6. The first-order valence-corrected chi connectivity index (χ1v) is 7.37. The van der Waals surface area contributed by atoms with Crippen molar-refractivity contribution in [2.24, 2.45) is 17.8 Å². The predicted molar refractivity (Wildman–Crippen MR) is 72.0 cm³/mol. The summed E-state index contributed by atoms with van der Waals surface area (Å²) in [5.41, 5.74) is 3.08. The van der Waals surface area contributed by atoms with Gasteiger partial charge >= 0.3 is 58.2 Å². The molecule has 94 valence electrons. The summed E-state index contributed by atoms with van der Waals surface area (Å²) in [5.74, 6) is 2.64. The second-order valence-corrected chi connectivity index (χ2v) is 6.86. The molecule has 5 aliphatic rings. The van der Waals surface area contributed by atoms with Crippen molar-refractivity contribution < 1.29 is 58.2 Å². The van der Waals surface area contributed by atoms with E-state index < -0.39 is 0 Å². The molecule has 19 heavy (non-hydrogen) atoms. The molecule has 1 spiro atoms. The summed E-state index contributed by atoms with van der Waals surface area (Å²) in [6.07, 6.45) is 4.09. The van der Waals surface area contributed by atoms with E-state index in [4.69, 9.17) is 5.32 Å². The minimum absolute atomic E-state index is 0.